The fourth-order valence-corrected chi connectivity index (χ4v) is 6.53. The van der Waals surface area contributed by atoms with Crippen molar-refractivity contribution < 1.29 is 46.8 Å². The van der Waals surface area contributed by atoms with Crippen LogP contribution in [0, 0.1) is 39.5 Å². The molecule has 0 spiro atoms. The summed E-state index contributed by atoms with van der Waals surface area (Å²) in [5.41, 5.74) is 4.05. The predicted molar refractivity (Wildman–Crippen MR) is 226 cm³/mol. The van der Waals surface area contributed by atoms with Crippen LogP contribution in [0.5, 0.6) is 11.8 Å². The third-order valence-electron chi connectivity index (χ3n) is 9.76. The molecule has 4 aromatic heterocycles. The number of pyridine rings is 2. The lowest BCUT2D eigenvalue weighted by Crippen LogP contribution is -2.10. The first-order valence-electron chi connectivity index (χ1n) is 19.0. The van der Waals surface area contributed by atoms with Gasteiger partial charge in [0.15, 0.2) is 0 Å². The molecule has 0 saturated heterocycles. The average molecular weight is 926 g/mol. The number of alkyl halides is 6. The lowest BCUT2D eigenvalue weighted by atomic mass is 9.94. The Morgan fingerprint density at radius 1 is 0.613 bits per heavy atom. The number of hydrogen-bond acceptors (Lipinski definition) is 8. The second-order valence-corrected chi connectivity index (χ2v) is 15.6. The van der Waals surface area contributed by atoms with Crippen LogP contribution in [0.1, 0.15) is 70.0 Å². The smallest absolute Gasteiger partial charge is 0.416 e. The van der Waals surface area contributed by atoms with Gasteiger partial charge in [0.25, 0.3) is 0 Å². The van der Waals surface area contributed by atoms with Crippen molar-refractivity contribution in [2.45, 2.75) is 64.7 Å². The van der Waals surface area contributed by atoms with Crippen molar-refractivity contribution in [3.05, 3.63) is 147 Å². The highest BCUT2D eigenvalue weighted by Crippen LogP contribution is 2.48. The van der Waals surface area contributed by atoms with E-state index >= 15 is 0 Å². The third kappa shape index (κ3) is 13.8. The topological polar surface area (TPSA) is 159 Å². The normalized spacial score (nSPS) is 17.4. The van der Waals surface area contributed by atoms with E-state index < -0.39 is 23.5 Å². The van der Waals surface area contributed by atoms with Crippen LogP contribution >= 0.6 is 15.9 Å². The van der Waals surface area contributed by atoms with Gasteiger partial charge < -0.3 is 20.4 Å². The fourth-order valence-electron chi connectivity index (χ4n) is 6.23. The molecule has 0 aliphatic heterocycles. The summed E-state index contributed by atoms with van der Waals surface area (Å²) in [5, 5.41) is 0. The van der Waals surface area contributed by atoms with Gasteiger partial charge in [-0.2, -0.15) is 36.3 Å². The molecule has 0 bridgehead atoms. The van der Waals surface area contributed by atoms with E-state index in [1.54, 1.807) is 19.2 Å². The maximum atomic E-state index is 13.1. The standard InChI is InChI=1S/C22H20F3N3O.C15H16BrN3O.C7H4BF3.2H2O/c1-13-6-7-20(27-10-13)18-9-16(18)12-29-21-19(11-26-14(2)28-21)15-4-3-5-17(8-15)22(23,24)25;1-9-3-4-14(18-6-9)12-5-11(12)8-20-15-13(16)7-17-10(2)19-15;8-6-3-1-2-5(4-6)7(9,10)11;;/h3-8,10-11,16,18H,9,12H2,1-2H3;3-4,6-7,11-12H,5,8H2,1-2H3;1-4H;2*1H2/t16-,18+;11-,12+;;;/m11.../s1. The van der Waals surface area contributed by atoms with Crippen LogP contribution in [0.3, 0.4) is 0 Å². The Hall–Kier alpha value is -5.46. The number of halogens is 7. The Balaban J connectivity index is 0.000000222. The quantitative estimate of drug-likeness (QED) is 0.103. The fraction of sp³-hybridized carbons (Fsp3) is 0.318. The molecule has 4 atom stereocenters. The molecule has 0 amide bonds. The lowest BCUT2D eigenvalue weighted by molar-refractivity contribution is -0.138. The van der Waals surface area contributed by atoms with Crippen LogP contribution in [0.15, 0.2) is 102 Å². The van der Waals surface area contributed by atoms with Crippen LogP contribution in [0.2, 0.25) is 0 Å². The zero-order valence-electron chi connectivity index (χ0n) is 34.1. The Morgan fingerprint density at radius 2 is 1.10 bits per heavy atom. The summed E-state index contributed by atoms with van der Waals surface area (Å²) < 4.78 is 87.5. The van der Waals surface area contributed by atoms with E-state index in [2.05, 4.69) is 64.9 Å². The molecule has 8 rings (SSSR count). The molecule has 2 radical (unpaired) electrons. The highest BCUT2D eigenvalue weighted by molar-refractivity contribution is 9.10. The van der Waals surface area contributed by atoms with Gasteiger partial charge in [-0.05, 0) is 97.4 Å². The van der Waals surface area contributed by atoms with Crippen molar-refractivity contribution in [2.75, 3.05) is 13.2 Å². The SMILES string of the molecule is Cc1ccc([C@H]2C[C@@H]2COc2nc(C)ncc2-c2cccc(C(F)(F)F)c2)nc1.Cc1ccc([C@H]2C[C@@H]2COc2nc(C)ncc2Br)nc1.O.O.[B]c1cccc(C(F)(F)F)c1. The number of aryl methyl sites for hydroxylation is 4. The molecule has 18 heteroatoms. The molecule has 4 N–H and O–H groups in total. The van der Waals surface area contributed by atoms with Gasteiger partial charge in [0.1, 0.15) is 19.5 Å². The van der Waals surface area contributed by atoms with E-state index in [0.717, 1.165) is 58.7 Å². The summed E-state index contributed by atoms with van der Waals surface area (Å²) in [4.78, 5) is 25.8. The summed E-state index contributed by atoms with van der Waals surface area (Å²) in [6, 6.07) is 18.0. The molecule has 62 heavy (non-hydrogen) atoms. The van der Waals surface area contributed by atoms with Gasteiger partial charge >= 0.3 is 12.4 Å². The minimum absolute atomic E-state index is 0. The molecule has 4 heterocycles. The van der Waals surface area contributed by atoms with Crippen LogP contribution < -0.4 is 14.9 Å². The number of benzene rings is 2. The third-order valence-corrected chi connectivity index (χ3v) is 10.3. The van der Waals surface area contributed by atoms with Crippen LogP contribution in [0.4, 0.5) is 26.3 Å². The van der Waals surface area contributed by atoms with Crippen LogP contribution in [0.25, 0.3) is 11.1 Å². The van der Waals surface area contributed by atoms with Gasteiger partial charge in [-0.25, -0.2) is 9.97 Å². The van der Waals surface area contributed by atoms with E-state index in [4.69, 9.17) is 17.3 Å². The predicted octanol–water partition coefficient (Wildman–Crippen LogP) is 8.64. The molecular formula is C44H44BBrF6N6O4. The number of ether oxygens (including phenoxy) is 2. The Labute approximate surface area is 364 Å². The number of nitrogens with zero attached hydrogens (tertiary/aromatic N) is 6. The Morgan fingerprint density at radius 3 is 1.58 bits per heavy atom. The van der Waals surface area contributed by atoms with Crippen molar-refractivity contribution in [3.63, 3.8) is 0 Å². The molecule has 326 valence electrons. The molecule has 10 nitrogen and oxygen atoms in total. The van der Waals surface area contributed by atoms with Crippen molar-refractivity contribution >= 4 is 29.2 Å². The van der Waals surface area contributed by atoms with Gasteiger partial charge in [-0.1, -0.05) is 54.0 Å². The molecule has 6 aromatic rings. The molecule has 2 saturated carbocycles. The summed E-state index contributed by atoms with van der Waals surface area (Å²) in [6.45, 7) is 8.74. The van der Waals surface area contributed by atoms with E-state index in [9.17, 15) is 26.3 Å². The molecule has 2 aliphatic rings. The summed E-state index contributed by atoms with van der Waals surface area (Å²) in [7, 11) is 5.16. The molecule has 2 aliphatic carbocycles. The second-order valence-electron chi connectivity index (χ2n) is 14.8. The van der Waals surface area contributed by atoms with Crippen LogP contribution in [-0.2, 0) is 12.4 Å². The zero-order valence-corrected chi connectivity index (χ0v) is 35.7. The maximum absolute atomic E-state index is 13.1. The summed E-state index contributed by atoms with van der Waals surface area (Å²) >= 11 is 3.41. The number of rotatable bonds is 9. The first kappa shape index (κ1) is 49.2. The van der Waals surface area contributed by atoms with E-state index in [-0.39, 0.29) is 16.4 Å². The summed E-state index contributed by atoms with van der Waals surface area (Å²) in [5.74, 6) is 3.87. The van der Waals surface area contributed by atoms with Crippen molar-refractivity contribution in [2.24, 2.45) is 11.8 Å². The lowest BCUT2D eigenvalue weighted by Gasteiger charge is -2.13. The number of hydrogen-bond donors (Lipinski definition) is 0. The van der Waals surface area contributed by atoms with E-state index in [1.807, 2.05) is 38.4 Å². The Bertz CT molecular complexity index is 2390. The second kappa shape index (κ2) is 21.1. The molecule has 2 fully saturated rings. The first-order chi connectivity index (χ1) is 28.4. The van der Waals surface area contributed by atoms with Crippen molar-refractivity contribution in [1.29, 1.82) is 0 Å². The van der Waals surface area contributed by atoms with Crippen LogP contribution in [-0.4, -0.2) is 61.9 Å². The first-order valence-corrected chi connectivity index (χ1v) is 19.8. The van der Waals surface area contributed by atoms with Gasteiger partial charge in [-0.3, -0.25) is 9.97 Å². The average Bonchev–Trinajstić information content (AvgIpc) is 4.15. The van der Waals surface area contributed by atoms with Gasteiger partial charge in [-0.15, -0.1) is 0 Å². The van der Waals surface area contributed by atoms with Gasteiger partial charge in [0.2, 0.25) is 11.8 Å². The maximum Gasteiger partial charge on any atom is 0.416 e. The molecule has 0 unspecified atom stereocenters. The Kier molecular flexibility index (Phi) is 16.7. The highest BCUT2D eigenvalue weighted by Gasteiger charge is 2.41. The largest absolute Gasteiger partial charge is 0.477 e. The summed E-state index contributed by atoms with van der Waals surface area (Å²) in [6.07, 6.45) is 0.417. The van der Waals surface area contributed by atoms with Gasteiger partial charge in [0.05, 0.1) is 34.4 Å². The highest BCUT2D eigenvalue weighted by atomic mass is 79.9. The molecule has 2 aromatic carbocycles. The van der Waals surface area contributed by atoms with Crippen molar-refractivity contribution in [1.82, 2.24) is 29.9 Å². The van der Waals surface area contributed by atoms with Crippen molar-refractivity contribution in [3.8, 4) is 22.9 Å². The zero-order chi connectivity index (χ0) is 43.2. The molecular weight excluding hydrogens is 881 g/mol. The van der Waals surface area contributed by atoms with E-state index in [0.29, 0.717) is 65.6 Å². The monoisotopic (exact) mass is 924 g/mol. The van der Waals surface area contributed by atoms with E-state index in [1.165, 1.54) is 35.7 Å². The number of aromatic nitrogens is 6. The van der Waals surface area contributed by atoms with Gasteiger partial charge in [0, 0.05) is 59.8 Å². The minimum Gasteiger partial charge on any atom is -0.477 e. The minimum atomic E-state index is -4.41.